The van der Waals surface area contributed by atoms with E-state index in [0.29, 0.717) is 31.9 Å². The lowest BCUT2D eigenvalue weighted by molar-refractivity contribution is 0.280. The van der Waals surface area contributed by atoms with Crippen molar-refractivity contribution in [2.24, 2.45) is 4.99 Å². The van der Waals surface area contributed by atoms with Crippen molar-refractivity contribution in [3.05, 3.63) is 35.4 Å². The van der Waals surface area contributed by atoms with E-state index in [-0.39, 0.29) is 47.9 Å². The Morgan fingerprint density at radius 3 is 2.30 bits per heavy atom. The van der Waals surface area contributed by atoms with Crippen molar-refractivity contribution >= 4 is 40.0 Å². The Morgan fingerprint density at radius 1 is 1.27 bits per heavy atom. The van der Waals surface area contributed by atoms with Crippen LogP contribution < -0.4 is 10.6 Å². The maximum absolute atomic E-state index is 14.2. The van der Waals surface area contributed by atoms with Crippen LogP contribution in [0.2, 0.25) is 0 Å². The highest BCUT2D eigenvalue weighted by molar-refractivity contribution is 14.0. The van der Waals surface area contributed by atoms with Gasteiger partial charge in [0.2, 0.25) is 10.0 Å². The number of likely N-dealkylation sites (N-methyl/N-ethyl adjacent to an activating group) is 1. The van der Waals surface area contributed by atoms with Crippen molar-refractivity contribution in [2.75, 3.05) is 46.5 Å². The normalized spacial score (nSPS) is 17.5. The van der Waals surface area contributed by atoms with E-state index in [1.54, 1.807) is 33.0 Å². The first-order valence-corrected chi connectivity index (χ1v) is 11.4. The molecule has 172 valence electrons. The molecule has 0 spiro atoms. The number of halogens is 3. The van der Waals surface area contributed by atoms with Crippen LogP contribution >= 0.6 is 24.0 Å². The van der Waals surface area contributed by atoms with Crippen molar-refractivity contribution < 1.29 is 17.2 Å². The largest absolute Gasteiger partial charge is 0.354 e. The van der Waals surface area contributed by atoms with Gasteiger partial charge in [-0.15, -0.1) is 24.0 Å². The van der Waals surface area contributed by atoms with E-state index in [2.05, 4.69) is 15.6 Å². The molecule has 1 atom stereocenters. The van der Waals surface area contributed by atoms with Gasteiger partial charge in [0.05, 0.1) is 11.8 Å². The van der Waals surface area contributed by atoms with Crippen molar-refractivity contribution in [1.82, 2.24) is 19.8 Å². The summed E-state index contributed by atoms with van der Waals surface area (Å²) in [4.78, 5) is 5.94. The quantitative estimate of drug-likeness (QED) is 0.305. The lowest BCUT2D eigenvalue weighted by Crippen LogP contribution is -2.50. The first kappa shape index (κ1) is 27.0. The van der Waals surface area contributed by atoms with Crippen LogP contribution in [0, 0.1) is 11.6 Å². The average Bonchev–Trinajstić information content (AvgIpc) is 2.69. The minimum atomic E-state index is -3.17. The molecule has 1 aromatic rings. The number of benzene rings is 1. The second-order valence-corrected chi connectivity index (χ2v) is 9.54. The number of sulfonamides is 1. The minimum Gasteiger partial charge on any atom is -0.354 e. The third-order valence-electron chi connectivity index (χ3n) is 5.20. The summed E-state index contributed by atoms with van der Waals surface area (Å²) in [6.45, 7) is 2.83. The molecular formula is C19H32F2IN5O2S. The van der Waals surface area contributed by atoms with E-state index in [4.69, 9.17) is 0 Å². The van der Waals surface area contributed by atoms with Gasteiger partial charge in [0, 0.05) is 38.3 Å². The van der Waals surface area contributed by atoms with Crippen LogP contribution in [0.25, 0.3) is 0 Å². The number of rotatable bonds is 7. The summed E-state index contributed by atoms with van der Waals surface area (Å²) >= 11 is 0. The van der Waals surface area contributed by atoms with Crippen LogP contribution in [0.5, 0.6) is 0 Å². The molecule has 2 N–H and O–H groups in total. The monoisotopic (exact) mass is 559 g/mol. The zero-order valence-corrected chi connectivity index (χ0v) is 21.0. The SMILES string of the molecule is CCS(=O)(=O)N1CCC(NC(=NC)NCC(c2c(F)cccc2F)N(C)C)CC1.I. The number of guanidine groups is 1. The van der Waals surface area contributed by atoms with Crippen molar-refractivity contribution in [3.8, 4) is 0 Å². The number of nitrogens with one attached hydrogen (secondary N) is 2. The number of piperidine rings is 1. The van der Waals surface area contributed by atoms with Crippen molar-refractivity contribution in [3.63, 3.8) is 0 Å². The molecule has 0 aromatic heterocycles. The second kappa shape index (κ2) is 12.1. The molecule has 0 radical (unpaired) electrons. The third-order valence-corrected chi connectivity index (χ3v) is 7.08. The molecule has 1 heterocycles. The predicted molar refractivity (Wildman–Crippen MR) is 127 cm³/mol. The Bertz CT molecular complexity index is 795. The average molecular weight is 559 g/mol. The van der Waals surface area contributed by atoms with Crippen LogP contribution in [-0.2, 0) is 10.0 Å². The molecule has 0 bridgehead atoms. The molecule has 0 saturated carbocycles. The lowest BCUT2D eigenvalue weighted by atomic mass is 10.0. The number of nitrogens with zero attached hydrogens (tertiary/aromatic N) is 3. The van der Waals surface area contributed by atoms with Crippen LogP contribution in [-0.4, -0.2) is 76.2 Å². The topological polar surface area (TPSA) is 77.0 Å². The fourth-order valence-electron chi connectivity index (χ4n) is 3.41. The maximum atomic E-state index is 14.2. The molecule has 1 fully saturated rings. The minimum absolute atomic E-state index is 0. The van der Waals surface area contributed by atoms with Gasteiger partial charge in [-0.05, 0) is 46.0 Å². The van der Waals surface area contributed by atoms with E-state index in [9.17, 15) is 17.2 Å². The third kappa shape index (κ3) is 6.99. The molecule has 7 nitrogen and oxygen atoms in total. The van der Waals surface area contributed by atoms with E-state index < -0.39 is 27.7 Å². The molecule has 1 unspecified atom stereocenters. The summed E-state index contributed by atoms with van der Waals surface area (Å²) < 4.78 is 53.9. The molecule has 0 amide bonds. The number of hydrogen-bond donors (Lipinski definition) is 2. The van der Waals surface area contributed by atoms with Crippen LogP contribution in [0.3, 0.4) is 0 Å². The highest BCUT2D eigenvalue weighted by Crippen LogP contribution is 2.24. The Balaban J connectivity index is 0.00000450. The first-order valence-electron chi connectivity index (χ1n) is 9.75. The fraction of sp³-hybridized carbons (Fsp3) is 0.632. The number of aliphatic imine (C=N–C) groups is 1. The Morgan fingerprint density at radius 2 is 1.83 bits per heavy atom. The van der Waals surface area contributed by atoms with Gasteiger partial charge < -0.3 is 15.5 Å². The van der Waals surface area contributed by atoms with Gasteiger partial charge in [0.1, 0.15) is 11.6 Å². The van der Waals surface area contributed by atoms with E-state index in [0.717, 1.165) is 0 Å². The Labute approximate surface area is 195 Å². The molecule has 0 aliphatic carbocycles. The van der Waals surface area contributed by atoms with E-state index in [1.165, 1.54) is 22.5 Å². The summed E-state index contributed by atoms with van der Waals surface area (Å²) in [5.74, 6) is -0.548. The molecule has 1 aliphatic rings. The van der Waals surface area contributed by atoms with Crippen LogP contribution in [0.4, 0.5) is 8.78 Å². The molecule has 2 rings (SSSR count). The zero-order valence-electron chi connectivity index (χ0n) is 17.9. The van der Waals surface area contributed by atoms with Crippen LogP contribution in [0.15, 0.2) is 23.2 Å². The van der Waals surface area contributed by atoms with Crippen molar-refractivity contribution in [2.45, 2.75) is 31.8 Å². The second-order valence-electron chi connectivity index (χ2n) is 7.29. The summed E-state index contributed by atoms with van der Waals surface area (Å²) in [5.41, 5.74) is 0.0125. The molecule has 1 aromatic carbocycles. The predicted octanol–water partition coefficient (Wildman–Crippen LogP) is 2.16. The summed E-state index contributed by atoms with van der Waals surface area (Å²) in [5, 5.41) is 6.42. The highest BCUT2D eigenvalue weighted by Gasteiger charge is 2.27. The molecule has 1 saturated heterocycles. The molecular weight excluding hydrogens is 527 g/mol. The van der Waals surface area contributed by atoms with Gasteiger partial charge in [-0.25, -0.2) is 21.5 Å². The smallest absolute Gasteiger partial charge is 0.213 e. The summed E-state index contributed by atoms with van der Waals surface area (Å²) in [6, 6.07) is 3.40. The molecule has 11 heteroatoms. The van der Waals surface area contributed by atoms with E-state index >= 15 is 0 Å². The fourth-order valence-corrected chi connectivity index (χ4v) is 4.55. The molecule has 30 heavy (non-hydrogen) atoms. The van der Waals surface area contributed by atoms with Gasteiger partial charge in [0.25, 0.3) is 0 Å². The highest BCUT2D eigenvalue weighted by atomic mass is 127. The summed E-state index contributed by atoms with van der Waals surface area (Å²) in [6.07, 6.45) is 1.33. The maximum Gasteiger partial charge on any atom is 0.213 e. The Hall–Kier alpha value is -1.05. The Kier molecular flexibility index (Phi) is 10.9. The van der Waals surface area contributed by atoms with Crippen LogP contribution in [0.1, 0.15) is 31.4 Å². The van der Waals surface area contributed by atoms with E-state index in [1.807, 2.05) is 0 Å². The zero-order chi connectivity index (χ0) is 21.6. The van der Waals surface area contributed by atoms with Gasteiger partial charge in [-0.2, -0.15) is 0 Å². The standard InChI is InChI=1S/C19H31F2N5O2S.HI/c1-5-29(27,28)26-11-9-14(10-12-26)24-19(22-2)23-13-17(25(3)4)18-15(20)7-6-8-16(18)21;/h6-8,14,17H,5,9-13H2,1-4H3,(H2,22,23,24);1H. The molecule has 1 aliphatic heterocycles. The van der Waals surface area contributed by atoms with Gasteiger partial charge in [-0.3, -0.25) is 4.99 Å². The van der Waals surface area contributed by atoms with Gasteiger partial charge >= 0.3 is 0 Å². The summed E-state index contributed by atoms with van der Waals surface area (Å²) in [7, 11) is 1.98. The van der Waals surface area contributed by atoms with Crippen molar-refractivity contribution in [1.29, 1.82) is 0 Å². The van der Waals surface area contributed by atoms with Gasteiger partial charge in [0.15, 0.2) is 5.96 Å². The lowest BCUT2D eigenvalue weighted by Gasteiger charge is -2.32. The van der Waals surface area contributed by atoms with Gasteiger partial charge in [-0.1, -0.05) is 6.07 Å². The number of hydrogen-bond acceptors (Lipinski definition) is 4. The first-order chi connectivity index (χ1) is 13.7.